The SMILES string of the molecule is CCCc1ccc(-c2csc(C(N)C3CC3)n2)cc1. The van der Waals surface area contributed by atoms with Crippen molar-refractivity contribution in [1.29, 1.82) is 0 Å². The van der Waals surface area contributed by atoms with Crippen molar-refractivity contribution < 1.29 is 0 Å². The van der Waals surface area contributed by atoms with Gasteiger partial charge in [-0.25, -0.2) is 4.98 Å². The van der Waals surface area contributed by atoms with E-state index in [4.69, 9.17) is 10.7 Å². The van der Waals surface area contributed by atoms with Crippen molar-refractivity contribution in [3.8, 4) is 11.3 Å². The fraction of sp³-hybridized carbons (Fsp3) is 0.438. The Kier molecular flexibility index (Phi) is 3.67. The lowest BCUT2D eigenvalue weighted by molar-refractivity contribution is 0.629. The van der Waals surface area contributed by atoms with Gasteiger partial charge in [-0.15, -0.1) is 11.3 Å². The van der Waals surface area contributed by atoms with E-state index in [0.717, 1.165) is 17.1 Å². The molecule has 3 heteroatoms. The molecule has 0 saturated heterocycles. The summed E-state index contributed by atoms with van der Waals surface area (Å²) in [7, 11) is 0. The summed E-state index contributed by atoms with van der Waals surface area (Å²) < 4.78 is 0. The van der Waals surface area contributed by atoms with Crippen molar-refractivity contribution in [2.45, 2.75) is 38.6 Å². The van der Waals surface area contributed by atoms with E-state index in [1.54, 1.807) is 11.3 Å². The number of benzene rings is 1. The quantitative estimate of drug-likeness (QED) is 0.887. The molecule has 1 aromatic carbocycles. The summed E-state index contributed by atoms with van der Waals surface area (Å²) in [5.74, 6) is 0.672. The lowest BCUT2D eigenvalue weighted by Gasteiger charge is -2.05. The Bertz CT molecular complexity index is 540. The Hall–Kier alpha value is -1.19. The first-order chi connectivity index (χ1) is 9.28. The van der Waals surface area contributed by atoms with E-state index in [-0.39, 0.29) is 6.04 Å². The molecule has 1 unspecified atom stereocenters. The standard InChI is InChI=1S/C16H20N2S/c1-2-3-11-4-6-12(7-5-11)14-10-19-16(18-14)15(17)13-8-9-13/h4-7,10,13,15H,2-3,8-9,17H2,1H3. The van der Waals surface area contributed by atoms with E-state index in [1.807, 2.05) is 0 Å². The Balaban J connectivity index is 1.77. The maximum atomic E-state index is 6.20. The first kappa shape index (κ1) is 12.8. The van der Waals surface area contributed by atoms with Crippen LogP contribution in [-0.4, -0.2) is 4.98 Å². The molecule has 1 heterocycles. The highest BCUT2D eigenvalue weighted by Gasteiger charge is 2.31. The van der Waals surface area contributed by atoms with Crippen LogP contribution in [0.25, 0.3) is 11.3 Å². The predicted octanol–water partition coefficient (Wildman–Crippen LogP) is 4.17. The second kappa shape index (κ2) is 5.43. The van der Waals surface area contributed by atoms with Gasteiger partial charge in [0.2, 0.25) is 0 Å². The van der Waals surface area contributed by atoms with Crippen molar-refractivity contribution in [1.82, 2.24) is 4.98 Å². The molecule has 0 bridgehead atoms. The molecule has 0 radical (unpaired) electrons. The summed E-state index contributed by atoms with van der Waals surface area (Å²) in [6.45, 7) is 2.21. The maximum Gasteiger partial charge on any atom is 0.110 e. The third-order valence-corrected chi connectivity index (χ3v) is 4.67. The summed E-state index contributed by atoms with van der Waals surface area (Å²) in [6, 6.07) is 8.91. The van der Waals surface area contributed by atoms with Gasteiger partial charge in [-0.05, 0) is 30.7 Å². The highest BCUT2D eigenvalue weighted by atomic mass is 32.1. The number of nitrogens with two attached hydrogens (primary N) is 1. The van der Waals surface area contributed by atoms with Gasteiger partial charge in [-0.2, -0.15) is 0 Å². The van der Waals surface area contributed by atoms with Crippen molar-refractivity contribution in [3.05, 3.63) is 40.2 Å². The number of hydrogen-bond acceptors (Lipinski definition) is 3. The van der Waals surface area contributed by atoms with Crippen LogP contribution in [0.4, 0.5) is 0 Å². The lowest BCUT2D eigenvalue weighted by atomic mass is 10.1. The van der Waals surface area contributed by atoms with Crippen LogP contribution in [0.5, 0.6) is 0 Å². The van der Waals surface area contributed by atoms with Crippen LogP contribution in [0.2, 0.25) is 0 Å². The number of thiazole rings is 1. The van der Waals surface area contributed by atoms with Crippen LogP contribution < -0.4 is 5.73 Å². The van der Waals surface area contributed by atoms with E-state index in [2.05, 4.69) is 36.6 Å². The number of nitrogens with zero attached hydrogens (tertiary/aromatic N) is 1. The number of aromatic nitrogens is 1. The second-order valence-corrected chi connectivity index (χ2v) is 6.27. The summed E-state index contributed by atoms with van der Waals surface area (Å²) in [5.41, 5.74) is 9.87. The summed E-state index contributed by atoms with van der Waals surface area (Å²) in [5, 5.41) is 3.22. The van der Waals surface area contributed by atoms with Gasteiger partial charge in [0.25, 0.3) is 0 Å². The van der Waals surface area contributed by atoms with Gasteiger partial charge in [0.1, 0.15) is 5.01 Å². The van der Waals surface area contributed by atoms with Crippen LogP contribution in [0.3, 0.4) is 0 Å². The average Bonchev–Trinajstić information content (AvgIpc) is 3.17. The molecule has 0 aliphatic heterocycles. The molecule has 2 N–H and O–H groups in total. The van der Waals surface area contributed by atoms with Gasteiger partial charge in [0.05, 0.1) is 11.7 Å². The fourth-order valence-corrected chi connectivity index (χ4v) is 3.28. The molecule has 0 spiro atoms. The topological polar surface area (TPSA) is 38.9 Å². The van der Waals surface area contributed by atoms with Gasteiger partial charge in [-0.1, -0.05) is 37.6 Å². The van der Waals surface area contributed by atoms with Gasteiger partial charge in [0.15, 0.2) is 0 Å². The minimum atomic E-state index is 0.151. The van der Waals surface area contributed by atoms with E-state index < -0.39 is 0 Å². The molecule has 2 aromatic rings. The Morgan fingerprint density at radius 3 is 2.68 bits per heavy atom. The zero-order chi connectivity index (χ0) is 13.2. The molecule has 2 nitrogen and oxygen atoms in total. The molecule has 1 atom stereocenters. The fourth-order valence-electron chi connectivity index (χ4n) is 2.36. The van der Waals surface area contributed by atoms with E-state index in [0.29, 0.717) is 5.92 Å². The van der Waals surface area contributed by atoms with E-state index in [1.165, 1.54) is 30.4 Å². The molecule has 19 heavy (non-hydrogen) atoms. The summed E-state index contributed by atoms with van der Waals surface area (Å²) in [6.07, 6.45) is 4.87. The maximum absolute atomic E-state index is 6.20. The first-order valence-electron chi connectivity index (χ1n) is 7.08. The molecular weight excluding hydrogens is 252 g/mol. The van der Waals surface area contributed by atoms with Crippen LogP contribution in [0.1, 0.15) is 42.8 Å². The largest absolute Gasteiger partial charge is 0.322 e. The smallest absolute Gasteiger partial charge is 0.110 e. The second-order valence-electron chi connectivity index (χ2n) is 5.38. The number of hydrogen-bond donors (Lipinski definition) is 1. The molecule has 1 fully saturated rings. The summed E-state index contributed by atoms with van der Waals surface area (Å²) >= 11 is 1.70. The molecule has 1 aliphatic rings. The van der Waals surface area contributed by atoms with Gasteiger partial charge < -0.3 is 5.73 Å². The third kappa shape index (κ3) is 2.88. The van der Waals surface area contributed by atoms with Crippen LogP contribution in [0, 0.1) is 5.92 Å². The zero-order valence-electron chi connectivity index (χ0n) is 11.3. The molecule has 100 valence electrons. The monoisotopic (exact) mass is 272 g/mol. The third-order valence-electron chi connectivity index (χ3n) is 3.73. The molecule has 3 rings (SSSR count). The number of aryl methyl sites for hydroxylation is 1. The normalized spacial score (nSPS) is 16.5. The Labute approximate surface area is 118 Å². The van der Waals surface area contributed by atoms with Crippen molar-refractivity contribution >= 4 is 11.3 Å². The van der Waals surface area contributed by atoms with Gasteiger partial charge >= 0.3 is 0 Å². The minimum absolute atomic E-state index is 0.151. The van der Waals surface area contributed by atoms with E-state index >= 15 is 0 Å². The van der Waals surface area contributed by atoms with Crippen molar-refractivity contribution in [2.75, 3.05) is 0 Å². The van der Waals surface area contributed by atoms with Crippen LogP contribution in [0.15, 0.2) is 29.6 Å². The average molecular weight is 272 g/mol. The zero-order valence-corrected chi connectivity index (χ0v) is 12.1. The number of rotatable bonds is 5. The molecule has 0 amide bonds. The van der Waals surface area contributed by atoms with Crippen molar-refractivity contribution in [3.63, 3.8) is 0 Å². The van der Waals surface area contributed by atoms with Gasteiger partial charge in [0, 0.05) is 10.9 Å². The Morgan fingerprint density at radius 1 is 1.32 bits per heavy atom. The first-order valence-corrected chi connectivity index (χ1v) is 7.96. The predicted molar refractivity (Wildman–Crippen MR) is 81.2 cm³/mol. The highest BCUT2D eigenvalue weighted by molar-refractivity contribution is 7.10. The highest BCUT2D eigenvalue weighted by Crippen LogP contribution is 2.40. The van der Waals surface area contributed by atoms with Crippen molar-refractivity contribution in [2.24, 2.45) is 11.7 Å². The summed E-state index contributed by atoms with van der Waals surface area (Å²) in [4.78, 5) is 4.71. The molecule has 1 aromatic heterocycles. The van der Waals surface area contributed by atoms with E-state index in [9.17, 15) is 0 Å². The minimum Gasteiger partial charge on any atom is -0.322 e. The van der Waals surface area contributed by atoms with Gasteiger partial charge in [-0.3, -0.25) is 0 Å². The molecular formula is C16H20N2S. The molecule has 1 aliphatic carbocycles. The van der Waals surface area contributed by atoms with Crippen LogP contribution in [-0.2, 0) is 6.42 Å². The molecule has 1 saturated carbocycles. The van der Waals surface area contributed by atoms with Crippen LogP contribution >= 0.6 is 11.3 Å². The lowest BCUT2D eigenvalue weighted by Crippen LogP contribution is -2.11. The Morgan fingerprint density at radius 2 is 2.05 bits per heavy atom.